The lowest BCUT2D eigenvalue weighted by Crippen LogP contribution is -2.31. The molecule has 0 aliphatic carbocycles. The molecule has 1 amide bonds. The zero-order valence-corrected chi connectivity index (χ0v) is 10.4. The molecule has 2 N–H and O–H groups in total. The molecule has 1 aliphatic heterocycles. The van der Waals surface area contributed by atoms with E-state index in [1.807, 2.05) is 0 Å². The zero-order valence-electron chi connectivity index (χ0n) is 9.55. The lowest BCUT2D eigenvalue weighted by Gasteiger charge is -2.22. The normalized spacial score (nSPS) is 21.3. The van der Waals surface area contributed by atoms with Gasteiger partial charge in [0.05, 0.1) is 0 Å². The van der Waals surface area contributed by atoms with Gasteiger partial charge in [0, 0.05) is 18.7 Å². The monoisotopic (exact) mass is 230 g/mol. The highest BCUT2D eigenvalue weighted by atomic mass is 32.2. The summed E-state index contributed by atoms with van der Waals surface area (Å²) in [5.41, 5.74) is 0. The Morgan fingerprint density at radius 2 is 2.47 bits per heavy atom. The summed E-state index contributed by atoms with van der Waals surface area (Å²) in [6.45, 7) is 3.05. The minimum absolute atomic E-state index is 0.217. The van der Waals surface area contributed by atoms with Gasteiger partial charge < -0.3 is 10.6 Å². The summed E-state index contributed by atoms with van der Waals surface area (Å²) >= 11 is 1.77. The minimum atomic E-state index is 0.217. The largest absolute Gasteiger partial charge is 0.355 e. The van der Waals surface area contributed by atoms with Crippen LogP contribution in [0.1, 0.15) is 25.7 Å². The molecule has 1 heterocycles. The van der Waals surface area contributed by atoms with Crippen molar-refractivity contribution in [2.45, 2.75) is 25.7 Å². The Morgan fingerprint density at radius 3 is 3.13 bits per heavy atom. The van der Waals surface area contributed by atoms with Crippen molar-refractivity contribution in [3.63, 3.8) is 0 Å². The molecule has 0 aromatic rings. The van der Waals surface area contributed by atoms with Crippen LogP contribution in [0, 0.1) is 5.92 Å². The van der Waals surface area contributed by atoms with Crippen LogP contribution in [0.5, 0.6) is 0 Å². The zero-order chi connectivity index (χ0) is 10.9. The van der Waals surface area contributed by atoms with Crippen LogP contribution >= 0.6 is 11.8 Å². The summed E-state index contributed by atoms with van der Waals surface area (Å²) in [5.74, 6) is 1.94. The maximum atomic E-state index is 11.4. The Bertz CT molecular complexity index is 181. The van der Waals surface area contributed by atoms with E-state index in [0.717, 1.165) is 31.8 Å². The third-order valence-electron chi connectivity index (χ3n) is 2.81. The molecule has 0 bridgehead atoms. The quantitative estimate of drug-likeness (QED) is 0.675. The van der Waals surface area contributed by atoms with Gasteiger partial charge >= 0.3 is 0 Å². The molecule has 1 aliphatic rings. The van der Waals surface area contributed by atoms with Crippen LogP contribution < -0.4 is 10.6 Å². The SMILES string of the molecule is CSCCNC(=O)CCC1CCCNC1. The lowest BCUT2D eigenvalue weighted by molar-refractivity contribution is -0.121. The van der Waals surface area contributed by atoms with E-state index in [0.29, 0.717) is 12.3 Å². The minimum Gasteiger partial charge on any atom is -0.355 e. The molecule has 1 unspecified atom stereocenters. The van der Waals surface area contributed by atoms with Gasteiger partial charge in [-0.1, -0.05) is 0 Å². The first-order valence-electron chi connectivity index (χ1n) is 5.79. The fraction of sp³-hybridized carbons (Fsp3) is 0.909. The number of amides is 1. The van der Waals surface area contributed by atoms with Crippen LogP contribution in [-0.2, 0) is 4.79 Å². The summed E-state index contributed by atoms with van der Waals surface area (Å²) in [7, 11) is 0. The van der Waals surface area contributed by atoms with Gasteiger partial charge in [-0.3, -0.25) is 4.79 Å². The number of nitrogens with one attached hydrogen (secondary N) is 2. The first kappa shape index (κ1) is 12.8. The molecule has 4 heteroatoms. The molecule has 1 saturated heterocycles. The van der Waals surface area contributed by atoms with Gasteiger partial charge in [-0.15, -0.1) is 0 Å². The van der Waals surface area contributed by atoms with Crippen LogP contribution in [0.25, 0.3) is 0 Å². The molecule has 0 aromatic heterocycles. The highest BCUT2D eigenvalue weighted by molar-refractivity contribution is 7.98. The maximum absolute atomic E-state index is 11.4. The van der Waals surface area contributed by atoms with Gasteiger partial charge in [0.25, 0.3) is 0 Å². The fourth-order valence-electron chi connectivity index (χ4n) is 1.89. The smallest absolute Gasteiger partial charge is 0.220 e. The highest BCUT2D eigenvalue weighted by Crippen LogP contribution is 2.15. The maximum Gasteiger partial charge on any atom is 0.220 e. The molecule has 15 heavy (non-hydrogen) atoms. The summed E-state index contributed by atoms with van der Waals surface area (Å²) in [4.78, 5) is 11.4. The van der Waals surface area contributed by atoms with Gasteiger partial charge in [-0.2, -0.15) is 11.8 Å². The molecular formula is C11H22N2OS. The Labute approximate surface area is 96.8 Å². The van der Waals surface area contributed by atoms with Gasteiger partial charge in [0.1, 0.15) is 0 Å². The predicted molar refractivity (Wildman–Crippen MR) is 66.2 cm³/mol. The third-order valence-corrected chi connectivity index (χ3v) is 3.42. The summed E-state index contributed by atoms with van der Waals surface area (Å²) in [5, 5.41) is 6.32. The number of hydrogen-bond acceptors (Lipinski definition) is 3. The second-order valence-corrected chi connectivity index (χ2v) is 5.08. The van der Waals surface area contributed by atoms with E-state index in [1.165, 1.54) is 12.8 Å². The summed E-state index contributed by atoms with van der Waals surface area (Å²) in [6, 6.07) is 0. The Balaban J connectivity index is 2.00. The predicted octanol–water partition coefficient (Wildman–Crippen LogP) is 1.25. The molecule has 1 atom stereocenters. The fourth-order valence-corrected chi connectivity index (χ4v) is 2.19. The molecule has 1 rings (SSSR count). The Morgan fingerprint density at radius 1 is 1.60 bits per heavy atom. The molecule has 0 spiro atoms. The number of thioether (sulfide) groups is 1. The second-order valence-electron chi connectivity index (χ2n) is 4.09. The molecule has 1 fully saturated rings. The van der Waals surface area contributed by atoms with Crippen molar-refractivity contribution in [2.24, 2.45) is 5.92 Å². The Kier molecular flexibility index (Phi) is 6.85. The first-order valence-corrected chi connectivity index (χ1v) is 7.18. The van der Waals surface area contributed by atoms with Gasteiger partial charge in [0.2, 0.25) is 5.91 Å². The van der Waals surface area contributed by atoms with Crippen LogP contribution in [0.2, 0.25) is 0 Å². The van der Waals surface area contributed by atoms with Crippen LogP contribution in [0.15, 0.2) is 0 Å². The lowest BCUT2D eigenvalue weighted by atomic mass is 9.94. The van der Waals surface area contributed by atoms with E-state index < -0.39 is 0 Å². The van der Waals surface area contributed by atoms with Gasteiger partial charge in [0.15, 0.2) is 0 Å². The van der Waals surface area contributed by atoms with Crippen LogP contribution in [0.4, 0.5) is 0 Å². The summed E-state index contributed by atoms with van der Waals surface area (Å²) < 4.78 is 0. The number of carbonyl (C=O) groups excluding carboxylic acids is 1. The third kappa shape index (κ3) is 6.05. The molecular weight excluding hydrogens is 208 g/mol. The van der Waals surface area contributed by atoms with Gasteiger partial charge in [-0.25, -0.2) is 0 Å². The first-order chi connectivity index (χ1) is 7.33. The number of rotatable bonds is 6. The molecule has 88 valence electrons. The van der Waals surface area contributed by atoms with Crippen molar-refractivity contribution in [1.29, 1.82) is 0 Å². The van der Waals surface area contributed by atoms with Crippen molar-refractivity contribution in [3.8, 4) is 0 Å². The van der Waals surface area contributed by atoms with Crippen LogP contribution in [-0.4, -0.2) is 37.6 Å². The van der Waals surface area contributed by atoms with Gasteiger partial charge in [-0.05, 0) is 44.5 Å². The number of piperidine rings is 1. The van der Waals surface area contributed by atoms with Crippen molar-refractivity contribution in [3.05, 3.63) is 0 Å². The van der Waals surface area contributed by atoms with Crippen molar-refractivity contribution in [2.75, 3.05) is 31.6 Å². The van der Waals surface area contributed by atoms with E-state index >= 15 is 0 Å². The number of carbonyl (C=O) groups is 1. The van der Waals surface area contributed by atoms with E-state index in [9.17, 15) is 4.79 Å². The highest BCUT2D eigenvalue weighted by Gasteiger charge is 2.13. The average Bonchev–Trinajstić information content (AvgIpc) is 2.28. The topological polar surface area (TPSA) is 41.1 Å². The average molecular weight is 230 g/mol. The van der Waals surface area contributed by atoms with Crippen molar-refractivity contribution in [1.82, 2.24) is 10.6 Å². The molecule has 0 radical (unpaired) electrons. The van der Waals surface area contributed by atoms with Crippen molar-refractivity contribution < 1.29 is 4.79 Å². The van der Waals surface area contributed by atoms with E-state index in [2.05, 4.69) is 16.9 Å². The molecule has 3 nitrogen and oxygen atoms in total. The van der Waals surface area contributed by atoms with E-state index in [4.69, 9.17) is 0 Å². The molecule has 0 saturated carbocycles. The van der Waals surface area contributed by atoms with E-state index in [1.54, 1.807) is 11.8 Å². The van der Waals surface area contributed by atoms with Crippen molar-refractivity contribution >= 4 is 17.7 Å². The summed E-state index contributed by atoms with van der Waals surface area (Å²) in [6.07, 6.45) is 6.34. The van der Waals surface area contributed by atoms with E-state index in [-0.39, 0.29) is 5.91 Å². The number of hydrogen-bond donors (Lipinski definition) is 2. The van der Waals surface area contributed by atoms with Crippen LogP contribution in [0.3, 0.4) is 0 Å². The standard InChI is InChI=1S/C11H22N2OS/c1-15-8-7-13-11(14)5-4-10-3-2-6-12-9-10/h10,12H,2-9H2,1H3,(H,13,14). The Hall–Kier alpha value is -0.220. The second kappa shape index (κ2) is 7.99. The molecule has 0 aromatic carbocycles.